The van der Waals surface area contributed by atoms with Crippen molar-refractivity contribution in [3.8, 4) is 0 Å². The number of aryl methyl sites for hydroxylation is 1. The van der Waals surface area contributed by atoms with Crippen molar-refractivity contribution in [2.45, 2.75) is 38.8 Å². The molecule has 1 rings (SSSR count). The van der Waals surface area contributed by atoms with E-state index in [1.807, 2.05) is 38.1 Å². The normalized spacial score (nSPS) is 14.9. The average Bonchev–Trinajstić information content (AvgIpc) is 2.30. The first kappa shape index (κ1) is 14.1. The molecule has 0 aromatic heterocycles. The smallest absolute Gasteiger partial charge is 0.261 e. The summed E-state index contributed by atoms with van der Waals surface area (Å²) in [5.74, 6) is 0. The van der Waals surface area contributed by atoms with Crippen molar-refractivity contribution in [3.05, 3.63) is 35.4 Å². The highest BCUT2D eigenvalue weighted by atomic mass is 19.3. The van der Waals surface area contributed by atoms with Gasteiger partial charge in [0.25, 0.3) is 6.43 Å². The highest BCUT2D eigenvalue weighted by molar-refractivity contribution is 5.24. The molecule has 0 radical (unpaired) electrons. The summed E-state index contributed by atoms with van der Waals surface area (Å²) < 4.78 is 29.6. The second kappa shape index (κ2) is 6.67. The van der Waals surface area contributed by atoms with Crippen LogP contribution in [0.25, 0.3) is 0 Å². The maximum absolute atomic E-state index is 12.2. The summed E-state index contributed by atoms with van der Waals surface area (Å²) in [6.45, 7) is 3.31. The Kier molecular flexibility index (Phi) is 5.51. The van der Waals surface area contributed by atoms with Gasteiger partial charge in [-0.2, -0.15) is 0 Å². The predicted octanol–water partition coefficient (Wildman–Crippen LogP) is 3.06. The van der Waals surface area contributed by atoms with Gasteiger partial charge in [-0.1, -0.05) is 36.8 Å². The molecule has 4 heteroatoms. The van der Waals surface area contributed by atoms with Gasteiger partial charge in [0.05, 0.1) is 6.10 Å². The molecule has 2 nitrogen and oxygen atoms in total. The average molecular weight is 243 g/mol. The van der Waals surface area contributed by atoms with Crippen molar-refractivity contribution in [1.29, 1.82) is 0 Å². The highest BCUT2D eigenvalue weighted by Crippen LogP contribution is 2.23. The Morgan fingerprint density at radius 1 is 1.24 bits per heavy atom. The Labute approximate surface area is 101 Å². The lowest BCUT2D eigenvalue weighted by Crippen LogP contribution is -2.30. The number of benzene rings is 1. The summed E-state index contributed by atoms with van der Waals surface area (Å²) in [6.07, 6.45) is -2.25. The largest absolute Gasteiger partial charge is 0.366 e. The molecule has 0 aliphatic heterocycles. The van der Waals surface area contributed by atoms with Crippen LogP contribution >= 0.6 is 0 Å². The van der Waals surface area contributed by atoms with Crippen LogP contribution in [-0.2, 0) is 4.74 Å². The molecule has 1 aromatic rings. The first-order chi connectivity index (χ1) is 8.04. The van der Waals surface area contributed by atoms with E-state index in [0.29, 0.717) is 6.42 Å². The zero-order chi connectivity index (χ0) is 12.8. The summed E-state index contributed by atoms with van der Waals surface area (Å²) in [5.41, 5.74) is 7.87. The molecule has 0 heterocycles. The monoisotopic (exact) mass is 243 g/mol. The molecule has 0 bridgehead atoms. The topological polar surface area (TPSA) is 35.2 Å². The van der Waals surface area contributed by atoms with Crippen molar-refractivity contribution >= 4 is 0 Å². The molecule has 2 unspecified atom stereocenters. The van der Waals surface area contributed by atoms with Crippen LogP contribution in [0.1, 0.15) is 30.6 Å². The Morgan fingerprint density at radius 2 is 1.82 bits per heavy atom. The maximum Gasteiger partial charge on any atom is 0.261 e. The van der Waals surface area contributed by atoms with Crippen molar-refractivity contribution in [3.63, 3.8) is 0 Å². The van der Waals surface area contributed by atoms with Gasteiger partial charge in [0.15, 0.2) is 0 Å². The van der Waals surface area contributed by atoms with Gasteiger partial charge in [-0.25, -0.2) is 8.78 Å². The van der Waals surface area contributed by atoms with Gasteiger partial charge < -0.3 is 10.5 Å². The molecular formula is C13H19F2NO. The quantitative estimate of drug-likeness (QED) is 0.833. The molecule has 2 N–H and O–H groups in total. The Bertz CT molecular complexity index is 327. The fourth-order valence-corrected chi connectivity index (χ4v) is 1.61. The number of halogens is 2. The van der Waals surface area contributed by atoms with E-state index in [1.165, 1.54) is 0 Å². The molecule has 0 saturated carbocycles. The number of rotatable bonds is 6. The molecule has 1 aromatic carbocycles. The summed E-state index contributed by atoms with van der Waals surface area (Å²) in [6, 6.07) is 7.34. The number of hydrogen-bond acceptors (Lipinski definition) is 2. The second-order valence-corrected chi connectivity index (χ2v) is 4.13. The van der Waals surface area contributed by atoms with Gasteiger partial charge in [-0.3, -0.25) is 0 Å². The number of hydrogen-bond donors (Lipinski definition) is 1. The highest BCUT2D eigenvalue weighted by Gasteiger charge is 2.20. The van der Waals surface area contributed by atoms with Crippen LogP contribution in [-0.4, -0.2) is 19.1 Å². The van der Waals surface area contributed by atoms with Crippen LogP contribution in [0.4, 0.5) is 8.78 Å². The molecule has 96 valence electrons. The van der Waals surface area contributed by atoms with Gasteiger partial charge >= 0.3 is 0 Å². The first-order valence-corrected chi connectivity index (χ1v) is 5.76. The lowest BCUT2D eigenvalue weighted by molar-refractivity contribution is -0.0351. The van der Waals surface area contributed by atoms with E-state index < -0.39 is 19.1 Å². The molecule has 0 amide bonds. The SMILES string of the molecule is CCC(N)C(OCC(F)F)c1ccc(C)cc1. The van der Waals surface area contributed by atoms with Crippen LogP contribution in [0.5, 0.6) is 0 Å². The minimum atomic E-state index is -2.47. The van der Waals surface area contributed by atoms with E-state index in [2.05, 4.69) is 0 Å². The summed E-state index contributed by atoms with van der Waals surface area (Å²) in [7, 11) is 0. The molecule has 0 spiro atoms. The first-order valence-electron chi connectivity index (χ1n) is 5.76. The molecule has 0 aliphatic carbocycles. The lowest BCUT2D eigenvalue weighted by Gasteiger charge is -2.23. The van der Waals surface area contributed by atoms with E-state index in [1.54, 1.807) is 0 Å². The third-order valence-corrected chi connectivity index (χ3v) is 2.67. The van der Waals surface area contributed by atoms with E-state index in [9.17, 15) is 8.78 Å². The molecule has 0 aliphatic rings. The molecule has 17 heavy (non-hydrogen) atoms. The fourth-order valence-electron chi connectivity index (χ4n) is 1.61. The maximum atomic E-state index is 12.2. The van der Waals surface area contributed by atoms with Gasteiger partial charge in [-0.15, -0.1) is 0 Å². The summed E-state index contributed by atoms with van der Waals surface area (Å²) >= 11 is 0. The minimum Gasteiger partial charge on any atom is -0.366 e. The van der Waals surface area contributed by atoms with Crippen LogP contribution in [0.3, 0.4) is 0 Å². The van der Waals surface area contributed by atoms with Crippen LogP contribution in [0, 0.1) is 6.92 Å². The molecule has 0 fully saturated rings. The number of ether oxygens (including phenoxy) is 1. The zero-order valence-corrected chi connectivity index (χ0v) is 10.2. The van der Waals surface area contributed by atoms with Gasteiger partial charge in [0, 0.05) is 6.04 Å². The Balaban J connectivity index is 2.78. The van der Waals surface area contributed by atoms with Crippen molar-refractivity contribution in [2.24, 2.45) is 5.73 Å². The summed E-state index contributed by atoms with van der Waals surface area (Å²) in [5, 5.41) is 0. The summed E-state index contributed by atoms with van der Waals surface area (Å²) in [4.78, 5) is 0. The zero-order valence-electron chi connectivity index (χ0n) is 10.2. The van der Waals surface area contributed by atoms with Gasteiger partial charge in [0.2, 0.25) is 0 Å². The standard InChI is InChI=1S/C13H19F2NO/c1-3-11(16)13(17-8-12(14)15)10-6-4-9(2)5-7-10/h4-7,11-13H,3,8,16H2,1-2H3. The lowest BCUT2D eigenvalue weighted by atomic mass is 10.00. The Morgan fingerprint density at radius 3 is 2.29 bits per heavy atom. The van der Waals surface area contributed by atoms with Crippen LogP contribution in [0.15, 0.2) is 24.3 Å². The Hall–Kier alpha value is -1.00. The predicted molar refractivity (Wildman–Crippen MR) is 64.1 cm³/mol. The van der Waals surface area contributed by atoms with E-state index in [-0.39, 0.29) is 6.04 Å². The van der Waals surface area contributed by atoms with Gasteiger partial charge in [0.1, 0.15) is 6.61 Å². The van der Waals surface area contributed by atoms with Crippen LogP contribution < -0.4 is 5.73 Å². The van der Waals surface area contributed by atoms with Crippen molar-refractivity contribution in [1.82, 2.24) is 0 Å². The number of nitrogens with two attached hydrogens (primary N) is 1. The molecule has 2 atom stereocenters. The fraction of sp³-hybridized carbons (Fsp3) is 0.538. The van der Waals surface area contributed by atoms with Gasteiger partial charge in [-0.05, 0) is 18.9 Å². The molecular weight excluding hydrogens is 224 g/mol. The molecule has 0 saturated heterocycles. The van der Waals surface area contributed by atoms with Crippen LogP contribution in [0.2, 0.25) is 0 Å². The number of alkyl halides is 2. The van der Waals surface area contributed by atoms with Crippen molar-refractivity contribution < 1.29 is 13.5 Å². The minimum absolute atomic E-state index is 0.267. The van der Waals surface area contributed by atoms with E-state index in [0.717, 1.165) is 11.1 Å². The third kappa shape index (κ3) is 4.40. The third-order valence-electron chi connectivity index (χ3n) is 2.67. The second-order valence-electron chi connectivity index (χ2n) is 4.13. The van der Waals surface area contributed by atoms with E-state index in [4.69, 9.17) is 10.5 Å². The van der Waals surface area contributed by atoms with E-state index >= 15 is 0 Å². The van der Waals surface area contributed by atoms with Crippen molar-refractivity contribution in [2.75, 3.05) is 6.61 Å².